The molecule has 24 heavy (non-hydrogen) atoms. The molecule has 0 radical (unpaired) electrons. The first-order valence-electron chi connectivity index (χ1n) is 8.33. The third kappa shape index (κ3) is 5.60. The van der Waals surface area contributed by atoms with Crippen LogP contribution in [0.5, 0.6) is 0 Å². The van der Waals surface area contributed by atoms with E-state index in [1.165, 1.54) is 10.9 Å². The van der Waals surface area contributed by atoms with Crippen LogP contribution < -0.4 is 10.6 Å². The molecule has 0 amide bonds. The first-order chi connectivity index (χ1) is 11.6. The van der Waals surface area contributed by atoms with Crippen molar-refractivity contribution in [3.63, 3.8) is 0 Å². The zero-order valence-electron chi connectivity index (χ0n) is 14.5. The molecule has 0 aliphatic rings. The molecule has 1 aromatic carbocycles. The van der Waals surface area contributed by atoms with E-state index in [2.05, 4.69) is 27.5 Å². The molecule has 0 saturated carbocycles. The minimum Gasteiger partial charge on any atom is -0.357 e. The summed E-state index contributed by atoms with van der Waals surface area (Å²) in [5, 5.41) is 7.70. The number of aryl methyl sites for hydroxylation is 2. The minimum atomic E-state index is -0.178. The molecule has 0 aliphatic heterocycles. The van der Waals surface area contributed by atoms with E-state index in [9.17, 15) is 4.39 Å². The average Bonchev–Trinajstić information content (AvgIpc) is 3.03. The number of halogens is 1. The molecule has 0 aliphatic carbocycles. The lowest BCUT2D eigenvalue weighted by Gasteiger charge is -2.11. The van der Waals surface area contributed by atoms with Crippen molar-refractivity contribution < 1.29 is 4.39 Å². The molecule has 6 heteroatoms. The maximum Gasteiger partial charge on any atom is 0.191 e. The third-order valence-electron chi connectivity index (χ3n) is 3.57. The molecule has 0 saturated heterocycles. The fraction of sp³-hybridized carbons (Fsp3) is 0.444. The van der Waals surface area contributed by atoms with Crippen molar-refractivity contribution in [2.24, 2.45) is 4.99 Å². The van der Waals surface area contributed by atoms with Gasteiger partial charge in [0.25, 0.3) is 0 Å². The maximum absolute atomic E-state index is 13.3. The van der Waals surface area contributed by atoms with Crippen LogP contribution in [0.3, 0.4) is 0 Å². The zero-order valence-corrected chi connectivity index (χ0v) is 15.3. The summed E-state index contributed by atoms with van der Waals surface area (Å²) in [6.07, 6.45) is 3.87. The van der Waals surface area contributed by atoms with Gasteiger partial charge in [0.2, 0.25) is 0 Å². The first-order valence-corrected chi connectivity index (χ1v) is 9.14. The molecule has 0 spiro atoms. The van der Waals surface area contributed by atoms with Crippen LogP contribution in [-0.2, 0) is 19.4 Å². The zero-order chi connectivity index (χ0) is 17.4. The van der Waals surface area contributed by atoms with Gasteiger partial charge in [0.05, 0.1) is 11.6 Å². The van der Waals surface area contributed by atoms with E-state index >= 15 is 0 Å². The standard InChI is InChI=1S/C18H25FN4S/c1-4-15-12-22-17(24-15)8-9-21-18(20-5-2)23-11-14-6-7-16(19)13(3)10-14/h6-7,10,12H,4-5,8-9,11H2,1-3H3,(H2,20,21,23). The van der Waals surface area contributed by atoms with Gasteiger partial charge in [-0.3, -0.25) is 0 Å². The fourth-order valence-electron chi connectivity index (χ4n) is 2.23. The SMILES string of the molecule is CCNC(=NCc1ccc(F)c(C)c1)NCCc1ncc(CC)s1. The molecule has 2 rings (SSSR count). The number of aromatic nitrogens is 1. The van der Waals surface area contributed by atoms with Gasteiger partial charge in [-0.15, -0.1) is 11.3 Å². The van der Waals surface area contributed by atoms with Gasteiger partial charge in [-0.2, -0.15) is 0 Å². The van der Waals surface area contributed by atoms with E-state index in [1.54, 1.807) is 24.3 Å². The van der Waals surface area contributed by atoms with Crippen molar-refractivity contribution in [2.75, 3.05) is 13.1 Å². The lowest BCUT2D eigenvalue weighted by atomic mass is 10.1. The van der Waals surface area contributed by atoms with Crippen LogP contribution in [-0.4, -0.2) is 24.0 Å². The number of benzene rings is 1. The average molecular weight is 348 g/mol. The second kappa shape index (κ2) is 9.37. The van der Waals surface area contributed by atoms with E-state index in [0.717, 1.165) is 42.5 Å². The Morgan fingerprint density at radius 1 is 1.29 bits per heavy atom. The highest BCUT2D eigenvalue weighted by molar-refractivity contribution is 7.11. The molecule has 1 aromatic heterocycles. The number of nitrogens with zero attached hydrogens (tertiary/aromatic N) is 2. The maximum atomic E-state index is 13.3. The molecule has 0 unspecified atom stereocenters. The summed E-state index contributed by atoms with van der Waals surface area (Å²) in [6, 6.07) is 5.11. The Balaban J connectivity index is 1.88. The van der Waals surface area contributed by atoms with Crippen LogP contribution in [0.4, 0.5) is 4.39 Å². The molecule has 0 atom stereocenters. The van der Waals surface area contributed by atoms with Gasteiger partial charge in [-0.25, -0.2) is 14.4 Å². The van der Waals surface area contributed by atoms with Gasteiger partial charge in [-0.1, -0.05) is 19.1 Å². The second-order valence-corrected chi connectivity index (χ2v) is 6.73. The number of thiazole rings is 1. The number of hydrogen-bond donors (Lipinski definition) is 2. The first kappa shape index (κ1) is 18.4. The summed E-state index contributed by atoms with van der Waals surface area (Å²) in [5.74, 6) is 0.592. The van der Waals surface area contributed by atoms with Crippen molar-refractivity contribution in [2.45, 2.75) is 40.2 Å². The number of aliphatic imine (C=N–C) groups is 1. The molecule has 130 valence electrons. The molecule has 2 N–H and O–H groups in total. The van der Waals surface area contributed by atoms with Crippen LogP contribution in [0.25, 0.3) is 0 Å². The fourth-order valence-corrected chi connectivity index (χ4v) is 3.09. The highest BCUT2D eigenvalue weighted by Crippen LogP contribution is 2.13. The van der Waals surface area contributed by atoms with Crippen molar-refractivity contribution >= 4 is 17.3 Å². The number of guanidine groups is 1. The van der Waals surface area contributed by atoms with Gasteiger partial charge in [0.1, 0.15) is 5.82 Å². The van der Waals surface area contributed by atoms with Crippen LogP contribution in [0, 0.1) is 12.7 Å². The van der Waals surface area contributed by atoms with Crippen LogP contribution in [0.2, 0.25) is 0 Å². The summed E-state index contributed by atoms with van der Waals surface area (Å²) in [5.41, 5.74) is 1.65. The van der Waals surface area contributed by atoms with Crippen molar-refractivity contribution in [3.8, 4) is 0 Å². The lowest BCUT2D eigenvalue weighted by Crippen LogP contribution is -2.38. The monoisotopic (exact) mass is 348 g/mol. The molecule has 0 fully saturated rings. The predicted octanol–water partition coefficient (Wildman–Crippen LogP) is 3.45. The van der Waals surface area contributed by atoms with E-state index in [1.807, 2.05) is 19.2 Å². The highest BCUT2D eigenvalue weighted by atomic mass is 32.1. The van der Waals surface area contributed by atoms with Gasteiger partial charge in [0, 0.05) is 30.6 Å². The Hall–Kier alpha value is -1.95. The number of nitrogens with one attached hydrogen (secondary N) is 2. The molecule has 1 heterocycles. The normalized spacial score (nSPS) is 11.6. The number of hydrogen-bond acceptors (Lipinski definition) is 3. The molecule has 0 bridgehead atoms. The largest absolute Gasteiger partial charge is 0.357 e. The van der Waals surface area contributed by atoms with E-state index in [-0.39, 0.29) is 5.82 Å². The smallest absolute Gasteiger partial charge is 0.191 e. The Bertz CT molecular complexity index is 681. The van der Waals surface area contributed by atoms with Gasteiger partial charge in [0.15, 0.2) is 5.96 Å². The van der Waals surface area contributed by atoms with Crippen LogP contribution in [0.1, 0.15) is 34.9 Å². The summed E-state index contributed by atoms with van der Waals surface area (Å²) >= 11 is 1.76. The van der Waals surface area contributed by atoms with Gasteiger partial charge < -0.3 is 10.6 Å². The van der Waals surface area contributed by atoms with Gasteiger partial charge >= 0.3 is 0 Å². The molecular weight excluding hydrogens is 323 g/mol. The number of rotatable bonds is 7. The summed E-state index contributed by atoms with van der Waals surface area (Å²) in [4.78, 5) is 10.3. The summed E-state index contributed by atoms with van der Waals surface area (Å²) < 4.78 is 13.3. The predicted molar refractivity (Wildman–Crippen MR) is 99.2 cm³/mol. The Labute approximate surface area is 147 Å². The highest BCUT2D eigenvalue weighted by Gasteiger charge is 2.03. The summed E-state index contributed by atoms with van der Waals surface area (Å²) in [6.45, 7) is 8.05. The van der Waals surface area contributed by atoms with E-state index in [4.69, 9.17) is 0 Å². The molecule has 4 nitrogen and oxygen atoms in total. The Morgan fingerprint density at radius 2 is 2.12 bits per heavy atom. The van der Waals surface area contributed by atoms with Crippen molar-refractivity contribution in [3.05, 3.63) is 51.2 Å². The molecule has 2 aromatic rings. The van der Waals surface area contributed by atoms with Gasteiger partial charge in [-0.05, 0) is 37.5 Å². The molecular formula is C18H25FN4S. The summed E-state index contributed by atoms with van der Waals surface area (Å²) in [7, 11) is 0. The Morgan fingerprint density at radius 3 is 2.79 bits per heavy atom. The Kier molecular flexibility index (Phi) is 7.18. The lowest BCUT2D eigenvalue weighted by molar-refractivity contribution is 0.617. The third-order valence-corrected chi connectivity index (χ3v) is 4.77. The topological polar surface area (TPSA) is 49.3 Å². The van der Waals surface area contributed by atoms with E-state index < -0.39 is 0 Å². The van der Waals surface area contributed by atoms with Crippen molar-refractivity contribution in [1.82, 2.24) is 15.6 Å². The quantitative estimate of drug-likeness (QED) is 0.595. The van der Waals surface area contributed by atoms with E-state index in [0.29, 0.717) is 12.1 Å². The van der Waals surface area contributed by atoms with Crippen LogP contribution in [0.15, 0.2) is 29.4 Å². The van der Waals surface area contributed by atoms with Crippen LogP contribution >= 0.6 is 11.3 Å². The van der Waals surface area contributed by atoms with Crippen molar-refractivity contribution in [1.29, 1.82) is 0 Å². The second-order valence-electron chi connectivity index (χ2n) is 5.53. The minimum absolute atomic E-state index is 0.178.